The number of thiazole rings is 1. The number of halogens is 1. The standard InChI is InChI=1S/C29H33FN4O3S/c1-18-17-38-28(32-18)25-11-5-13-34(25)29(37)21-8-3-7-20(16-21)27(36)33-24(26(35)23-10-4-12-31-23)15-19-6-2-9-22(30)14-19/h2-3,6-9,14,16-17,23-26,31,35H,4-5,10-13,15H2,1H3,(H,33,36)/t23-,24+,25-,26+/m1/s1. The van der Waals surface area contributed by atoms with Crippen LogP contribution in [0.5, 0.6) is 0 Å². The number of amides is 2. The highest BCUT2D eigenvalue weighted by Crippen LogP contribution is 2.34. The van der Waals surface area contributed by atoms with E-state index in [-0.39, 0.29) is 36.1 Å². The molecule has 2 fully saturated rings. The maximum Gasteiger partial charge on any atom is 0.254 e. The van der Waals surface area contributed by atoms with E-state index in [1.807, 2.05) is 17.2 Å². The number of aryl methyl sites for hydroxylation is 1. The van der Waals surface area contributed by atoms with Crippen molar-refractivity contribution in [3.05, 3.63) is 87.1 Å². The molecule has 1 aromatic heterocycles. The second-order valence-corrected chi connectivity index (χ2v) is 11.1. The zero-order valence-corrected chi connectivity index (χ0v) is 22.2. The minimum absolute atomic E-state index is 0.0524. The van der Waals surface area contributed by atoms with Gasteiger partial charge in [0.25, 0.3) is 11.8 Å². The molecule has 2 aromatic carbocycles. The minimum atomic E-state index is -0.846. The van der Waals surface area contributed by atoms with Crippen LogP contribution in [-0.4, -0.2) is 58.1 Å². The monoisotopic (exact) mass is 536 g/mol. The molecule has 3 heterocycles. The Morgan fingerprint density at radius 3 is 2.74 bits per heavy atom. The third kappa shape index (κ3) is 5.95. The average molecular weight is 537 g/mol. The van der Waals surface area contributed by atoms with E-state index in [9.17, 15) is 19.1 Å². The molecule has 200 valence electrons. The number of nitrogens with one attached hydrogen (secondary N) is 2. The fourth-order valence-electron chi connectivity index (χ4n) is 5.46. The summed E-state index contributed by atoms with van der Waals surface area (Å²) in [5, 5.41) is 20.3. The van der Waals surface area contributed by atoms with Crippen LogP contribution in [0.15, 0.2) is 53.9 Å². The van der Waals surface area contributed by atoms with Gasteiger partial charge >= 0.3 is 0 Å². The number of aliphatic hydroxyl groups excluding tert-OH is 1. The van der Waals surface area contributed by atoms with E-state index in [4.69, 9.17) is 0 Å². The van der Waals surface area contributed by atoms with E-state index >= 15 is 0 Å². The van der Waals surface area contributed by atoms with Gasteiger partial charge < -0.3 is 20.6 Å². The maximum absolute atomic E-state index is 13.8. The number of benzene rings is 2. The molecule has 0 unspecified atom stereocenters. The fraction of sp³-hybridized carbons (Fsp3) is 0.414. The van der Waals surface area contributed by atoms with Gasteiger partial charge in [-0.1, -0.05) is 18.2 Å². The van der Waals surface area contributed by atoms with E-state index in [2.05, 4.69) is 15.6 Å². The molecule has 3 N–H and O–H groups in total. The third-order valence-corrected chi connectivity index (χ3v) is 8.46. The summed E-state index contributed by atoms with van der Waals surface area (Å²) in [5.41, 5.74) is 2.42. The molecule has 0 bridgehead atoms. The molecule has 0 saturated carbocycles. The van der Waals surface area contributed by atoms with Crippen molar-refractivity contribution in [3.8, 4) is 0 Å². The van der Waals surface area contributed by atoms with Crippen molar-refractivity contribution in [2.75, 3.05) is 13.1 Å². The first-order valence-corrected chi connectivity index (χ1v) is 14.1. The Labute approximate surface area is 226 Å². The highest BCUT2D eigenvalue weighted by Gasteiger charge is 2.34. The van der Waals surface area contributed by atoms with Gasteiger partial charge in [0.05, 0.1) is 18.2 Å². The number of aromatic nitrogens is 1. The number of rotatable bonds is 8. The van der Waals surface area contributed by atoms with Crippen LogP contribution in [0.4, 0.5) is 4.39 Å². The largest absolute Gasteiger partial charge is 0.389 e. The summed E-state index contributed by atoms with van der Waals surface area (Å²) >= 11 is 1.57. The lowest BCUT2D eigenvalue weighted by molar-refractivity contribution is 0.0733. The second-order valence-electron chi connectivity index (χ2n) is 10.2. The fourth-order valence-corrected chi connectivity index (χ4v) is 6.40. The Kier molecular flexibility index (Phi) is 8.16. The third-order valence-electron chi connectivity index (χ3n) is 7.39. The predicted octanol–water partition coefficient (Wildman–Crippen LogP) is 4.02. The normalized spacial score (nSPS) is 20.9. The molecule has 2 amide bonds. The van der Waals surface area contributed by atoms with Gasteiger partial charge in [-0.15, -0.1) is 11.3 Å². The van der Waals surface area contributed by atoms with Crippen LogP contribution in [0.25, 0.3) is 0 Å². The van der Waals surface area contributed by atoms with Gasteiger partial charge in [0.15, 0.2) is 0 Å². The second kappa shape index (κ2) is 11.7. The molecular weight excluding hydrogens is 503 g/mol. The Bertz CT molecular complexity index is 1290. The quantitative estimate of drug-likeness (QED) is 0.404. The molecule has 38 heavy (non-hydrogen) atoms. The van der Waals surface area contributed by atoms with Crippen LogP contribution in [0.2, 0.25) is 0 Å². The average Bonchev–Trinajstić information content (AvgIpc) is 3.69. The van der Waals surface area contributed by atoms with Gasteiger partial charge in [0.2, 0.25) is 0 Å². The highest BCUT2D eigenvalue weighted by molar-refractivity contribution is 7.09. The topological polar surface area (TPSA) is 94.6 Å². The van der Waals surface area contributed by atoms with Crippen LogP contribution < -0.4 is 10.6 Å². The first-order chi connectivity index (χ1) is 18.4. The highest BCUT2D eigenvalue weighted by atomic mass is 32.1. The van der Waals surface area contributed by atoms with Gasteiger partial charge in [-0.2, -0.15) is 0 Å². The maximum atomic E-state index is 13.8. The van der Waals surface area contributed by atoms with Crippen LogP contribution >= 0.6 is 11.3 Å². The van der Waals surface area contributed by atoms with Gasteiger partial charge in [-0.3, -0.25) is 9.59 Å². The Morgan fingerprint density at radius 2 is 2.00 bits per heavy atom. The van der Waals surface area contributed by atoms with E-state index in [1.54, 1.807) is 47.7 Å². The Morgan fingerprint density at radius 1 is 1.18 bits per heavy atom. The molecule has 4 atom stereocenters. The first-order valence-electron chi connectivity index (χ1n) is 13.2. The Hall–Kier alpha value is -3.14. The molecule has 7 nitrogen and oxygen atoms in total. The molecule has 0 aliphatic carbocycles. The van der Waals surface area contributed by atoms with Crippen LogP contribution in [0.3, 0.4) is 0 Å². The predicted molar refractivity (Wildman–Crippen MR) is 145 cm³/mol. The molecule has 5 rings (SSSR count). The summed E-state index contributed by atoms with van der Waals surface area (Å²) in [6.07, 6.45) is 2.96. The van der Waals surface area contributed by atoms with E-state index in [0.29, 0.717) is 23.2 Å². The molecule has 0 radical (unpaired) electrons. The number of carbonyl (C=O) groups excluding carboxylic acids is 2. The SMILES string of the molecule is Cc1csc([C@H]2CCCN2C(=O)c2cccc(C(=O)N[C@@H](Cc3cccc(F)c3)[C@@H](O)[C@H]3CCCN3)c2)n1. The lowest BCUT2D eigenvalue weighted by atomic mass is 9.95. The number of hydrogen-bond acceptors (Lipinski definition) is 6. The van der Waals surface area contributed by atoms with E-state index < -0.39 is 12.1 Å². The summed E-state index contributed by atoms with van der Waals surface area (Å²) in [5.74, 6) is -0.867. The molecule has 2 aliphatic rings. The molecular formula is C29H33FN4O3S. The molecule has 9 heteroatoms. The first kappa shape index (κ1) is 26.5. The van der Waals surface area contributed by atoms with Gasteiger partial charge in [-0.25, -0.2) is 9.37 Å². The van der Waals surface area contributed by atoms with Crippen molar-refractivity contribution in [3.63, 3.8) is 0 Å². The molecule has 2 saturated heterocycles. The van der Waals surface area contributed by atoms with Crippen LogP contribution in [-0.2, 0) is 6.42 Å². The summed E-state index contributed by atoms with van der Waals surface area (Å²) in [7, 11) is 0. The lowest BCUT2D eigenvalue weighted by Crippen LogP contribution is -2.52. The van der Waals surface area contributed by atoms with Crippen molar-refractivity contribution < 1.29 is 19.1 Å². The smallest absolute Gasteiger partial charge is 0.254 e. The summed E-state index contributed by atoms with van der Waals surface area (Å²) < 4.78 is 13.8. The number of hydrogen-bond donors (Lipinski definition) is 3. The zero-order chi connectivity index (χ0) is 26.6. The van der Waals surface area contributed by atoms with Crippen molar-refractivity contribution in [1.82, 2.24) is 20.5 Å². The summed E-state index contributed by atoms with van der Waals surface area (Å²) in [6, 6.07) is 12.1. The van der Waals surface area contributed by atoms with Gasteiger partial charge in [-0.05, 0) is 81.5 Å². The van der Waals surface area contributed by atoms with Crippen molar-refractivity contribution in [2.45, 2.75) is 63.3 Å². The number of carbonyl (C=O) groups is 2. The van der Waals surface area contributed by atoms with Crippen LogP contribution in [0, 0.1) is 12.7 Å². The number of likely N-dealkylation sites (tertiary alicyclic amines) is 1. The lowest BCUT2D eigenvalue weighted by Gasteiger charge is -2.29. The molecule has 3 aromatic rings. The van der Waals surface area contributed by atoms with Crippen molar-refractivity contribution >= 4 is 23.2 Å². The summed E-state index contributed by atoms with van der Waals surface area (Å²) in [4.78, 5) is 33.3. The zero-order valence-electron chi connectivity index (χ0n) is 21.4. The van der Waals surface area contributed by atoms with E-state index in [1.165, 1.54) is 12.1 Å². The Balaban J connectivity index is 1.33. The number of nitrogens with zero attached hydrogens (tertiary/aromatic N) is 2. The summed E-state index contributed by atoms with van der Waals surface area (Å²) in [6.45, 7) is 3.41. The molecule has 2 aliphatic heterocycles. The van der Waals surface area contributed by atoms with Crippen molar-refractivity contribution in [1.29, 1.82) is 0 Å². The van der Waals surface area contributed by atoms with Gasteiger partial charge in [0.1, 0.15) is 10.8 Å². The number of aliphatic hydroxyl groups is 1. The van der Waals surface area contributed by atoms with Crippen molar-refractivity contribution in [2.24, 2.45) is 0 Å². The van der Waals surface area contributed by atoms with E-state index in [0.717, 1.165) is 42.9 Å². The van der Waals surface area contributed by atoms with Crippen LogP contribution in [0.1, 0.15) is 68.7 Å². The minimum Gasteiger partial charge on any atom is -0.389 e. The molecule has 0 spiro atoms. The van der Waals surface area contributed by atoms with Gasteiger partial charge in [0, 0.05) is 34.8 Å².